The maximum atomic E-state index is 13.6. The van der Waals surface area contributed by atoms with Crippen LogP contribution < -0.4 is 15.4 Å². The van der Waals surface area contributed by atoms with E-state index in [-0.39, 0.29) is 24.4 Å². The standard InChI is InChI=1S/C40H33ClF3N9O3S2/c1-21-22(2)58-38-34(21)35(24-12-14-25(41)15-13-24)47-30(36-50-49-23(3)52(36)38)19-33(54)45-16-17-57-39-48-29-10-6-4-8-27(29)31-18-26(51-53(31)39)20-46-37(55)28-9-5-7-11-32(28)56-40(42,43)44/h4-15,18,30H,16-17,19-20H2,1-3H3,(H,45,54)(H,46,55). The molecule has 12 nitrogen and oxygen atoms in total. The number of amides is 2. The Kier molecular flexibility index (Phi) is 10.7. The van der Waals surface area contributed by atoms with Gasteiger partial charge in [0.05, 0.1) is 41.0 Å². The lowest BCUT2D eigenvalue weighted by atomic mass is 9.99. The van der Waals surface area contributed by atoms with Crippen LogP contribution in [0.2, 0.25) is 5.02 Å². The summed E-state index contributed by atoms with van der Waals surface area (Å²) in [6.45, 7) is 6.27. The van der Waals surface area contributed by atoms with Crippen LogP contribution in [-0.2, 0) is 11.3 Å². The first-order valence-corrected chi connectivity index (χ1v) is 20.2. The summed E-state index contributed by atoms with van der Waals surface area (Å²) in [5.41, 5.74) is 5.36. The molecule has 0 aliphatic carbocycles. The SMILES string of the molecule is Cc1sc2c(c1C)C(c1ccc(Cl)cc1)=NC(CC(=O)NCCSc1nc3ccccc3c3cc(CNC(=O)c4ccccc4OC(F)(F)F)nn13)c1nnc(C)n1-2. The van der Waals surface area contributed by atoms with Crippen molar-refractivity contribution in [1.82, 2.24) is 40.0 Å². The molecule has 5 heterocycles. The number of halogens is 4. The zero-order valence-corrected chi connectivity index (χ0v) is 33.5. The number of nitrogens with zero attached hydrogens (tertiary/aromatic N) is 7. The summed E-state index contributed by atoms with van der Waals surface area (Å²) in [5.74, 6) is 0.160. The van der Waals surface area contributed by atoms with Crippen molar-refractivity contribution in [2.45, 2.75) is 51.3 Å². The first-order valence-electron chi connectivity index (χ1n) is 18.0. The predicted octanol–water partition coefficient (Wildman–Crippen LogP) is 8.12. The second-order valence-electron chi connectivity index (χ2n) is 13.4. The Labute approximate surface area is 342 Å². The minimum atomic E-state index is -4.95. The molecule has 0 bridgehead atoms. The van der Waals surface area contributed by atoms with E-state index in [0.717, 1.165) is 54.8 Å². The van der Waals surface area contributed by atoms with E-state index in [4.69, 9.17) is 21.6 Å². The number of benzene rings is 3. The molecule has 0 saturated carbocycles. The second kappa shape index (κ2) is 15.9. The van der Waals surface area contributed by atoms with E-state index in [1.54, 1.807) is 21.9 Å². The fourth-order valence-electron chi connectivity index (χ4n) is 6.73. The van der Waals surface area contributed by atoms with Crippen LogP contribution in [0.1, 0.15) is 61.7 Å². The van der Waals surface area contributed by atoms with Gasteiger partial charge in [-0.1, -0.05) is 65.8 Å². The fraction of sp³-hybridized carbons (Fsp3) is 0.225. The van der Waals surface area contributed by atoms with Gasteiger partial charge in [0.1, 0.15) is 22.6 Å². The van der Waals surface area contributed by atoms with E-state index >= 15 is 0 Å². The zero-order valence-electron chi connectivity index (χ0n) is 31.1. The Hall–Kier alpha value is -5.78. The number of aryl methyl sites for hydroxylation is 2. The summed E-state index contributed by atoms with van der Waals surface area (Å²) in [6, 6.07) is 21.3. The molecule has 1 aliphatic rings. The highest BCUT2D eigenvalue weighted by Crippen LogP contribution is 2.40. The number of nitrogens with one attached hydrogen (secondary N) is 2. The first kappa shape index (κ1) is 39.1. The summed E-state index contributed by atoms with van der Waals surface area (Å²) in [5, 5.41) is 22.1. The van der Waals surface area contributed by atoms with Gasteiger partial charge in [-0.3, -0.25) is 19.1 Å². The average molecular weight is 844 g/mol. The molecule has 2 amide bonds. The zero-order chi connectivity index (χ0) is 40.7. The fourth-order valence-corrected chi connectivity index (χ4v) is 8.88. The van der Waals surface area contributed by atoms with Crippen LogP contribution in [0.3, 0.4) is 0 Å². The van der Waals surface area contributed by atoms with Gasteiger partial charge >= 0.3 is 6.36 Å². The molecule has 1 atom stereocenters. The van der Waals surface area contributed by atoms with Crippen LogP contribution in [0.5, 0.6) is 5.75 Å². The molecule has 0 spiro atoms. The lowest BCUT2D eigenvalue weighted by molar-refractivity contribution is -0.274. The van der Waals surface area contributed by atoms with Crippen molar-refractivity contribution in [3.8, 4) is 10.8 Å². The average Bonchev–Trinajstić information content (AvgIpc) is 3.86. The number of fused-ring (bicyclic) bond motifs is 6. The molecule has 0 fully saturated rings. The van der Waals surface area contributed by atoms with Crippen molar-refractivity contribution >= 4 is 68.6 Å². The van der Waals surface area contributed by atoms with E-state index in [9.17, 15) is 22.8 Å². The number of carbonyl (C=O) groups is 2. The third-order valence-corrected chi connectivity index (χ3v) is 11.9. The highest BCUT2D eigenvalue weighted by Gasteiger charge is 2.34. The van der Waals surface area contributed by atoms with Gasteiger partial charge in [0.15, 0.2) is 11.0 Å². The van der Waals surface area contributed by atoms with Crippen LogP contribution in [0.4, 0.5) is 13.2 Å². The minimum absolute atomic E-state index is 0.0341. The largest absolute Gasteiger partial charge is 0.573 e. The van der Waals surface area contributed by atoms with Crippen molar-refractivity contribution < 1.29 is 27.5 Å². The van der Waals surface area contributed by atoms with E-state index in [0.29, 0.717) is 39.8 Å². The Morgan fingerprint density at radius 1 is 0.983 bits per heavy atom. The number of ether oxygens (including phenoxy) is 1. The lowest BCUT2D eigenvalue weighted by Crippen LogP contribution is -2.27. The van der Waals surface area contributed by atoms with Gasteiger partial charge in [-0.15, -0.1) is 34.7 Å². The number of thiophene rings is 1. The van der Waals surface area contributed by atoms with E-state index in [2.05, 4.69) is 44.5 Å². The van der Waals surface area contributed by atoms with Crippen LogP contribution in [-0.4, -0.2) is 65.5 Å². The smallest absolute Gasteiger partial charge is 0.405 e. The normalized spacial score (nSPS) is 13.8. The summed E-state index contributed by atoms with van der Waals surface area (Å²) >= 11 is 9.27. The summed E-state index contributed by atoms with van der Waals surface area (Å²) in [6.07, 6.45) is -4.92. The minimum Gasteiger partial charge on any atom is -0.405 e. The predicted molar refractivity (Wildman–Crippen MR) is 216 cm³/mol. The number of thioether (sulfide) groups is 1. The van der Waals surface area contributed by atoms with Crippen molar-refractivity contribution in [1.29, 1.82) is 0 Å². The van der Waals surface area contributed by atoms with E-state index in [1.165, 1.54) is 30.0 Å². The molecular weight excluding hydrogens is 811 g/mol. The number of hydrogen-bond acceptors (Lipinski definition) is 10. The maximum absolute atomic E-state index is 13.6. The van der Waals surface area contributed by atoms with Crippen LogP contribution >= 0.6 is 34.7 Å². The Balaban J connectivity index is 0.978. The van der Waals surface area contributed by atoms with Crippen molar-refractivity contribution in [2.75, 3.05) is 12.3 Å². The van der Waals surface area contributed by atoms with Gasteiger partial charge < -0.3 is 15.4 Å². The molecule has 4 aromatic heterocycles. The number of rotatable bonds is 11. The van der Waals surface area contributed by atoms with Gasteiger partial charge in [0, 0.05) is 38.7 Å². The van der Waals surface area contributed by atoms with Gasteiger partial charge in [-0.2, -0.15) is 5.10 Å². The van der Waals surface area contributed by atoms with Gasteiger partial charge in [0.25, 0.3) is 5.91 Å². The highest BCUT2D eigenvalue weighted by molar-refractivity contribution is 7.99. The number of aromatic nitrogens is 6. The number of alkyl halides is 3. The van der Waals surface area contributed by atoms with E-state index in [1.807, 2.05) is 60.0 Å². The molecule has 296 valence electrons. The van der Waals surface area contributed by atoms with Crippen LogP contribution in [0.15, 0.2) is 89.0 Å². The lowest BCUT2D eigenvalue weighted by Gasteiger charge is -2.13. The van der Waals surface area contributed by atoms with Crippen LogP contribution in [0.25, 0.3) is 21.4 Å². The number of aliphatic imine (C=N–C) groups is 1. The van der Waals surface area contributed by atoms with Gasteiger partial charge in [-0.25, -0.2) is 9.50 Å². The van der Waals surface area contributed by atoms with Crippen LogP contribution in [0, 0.1) is 20.8 Å². The van der Waals surface area contributed by atoms with Gasteiger partial charge in [0.2, 0.25) is 5.91 Å². The van der Waals surface area contributed by atoms with Crippen molar-refractivity contribution in [3.05, 3.63) is 128 Å². The van der Waals surface area contributed by atoms with E-state index < -0.39 is 24.1 Å². The molecule has 18 heteroatoms. The Morgan fingerprint density at radius 3 is 2.53 bits per heavy atom. The molecule has 3 aromatic carbocycles. The molecule has 7 aromatic rings. The second-order valence-corrected chi connectivity index (χ2v) is 16.1. The van der Waals surface area contributed by atoms with Crippen molar-refractivity contribution in [3.63, 3.8) is 0 Å². The molecule has 8 rings (SSSR count). The third-order valence-electron chi connectivity index (χ3n) is 9.52. The molecule has 0 saturated heterocycles. The Morgan fingerprint density at radius 2 is 1.74 bits per heavy atom. The molecule has 1 unspecified atom stereocenters. The third kappa shape index (κ3) is 7.88. The topological polar surface area (TPSA) is 141 Å². The first-order chi connectivity index (χ1) is 27.8. The molecule has 1 aliphatic heterocycles. The maximum Gasteiger partial charge on any atom is 0.573 e. The molecule has 2 N–H and O–H groups in total. The highest BCUT2D eigenvalue weighted by atomic mass is 35.5. The molecule has 58 heavy (non-hydrogen) atoms. The summed E-state index contributed by atoms with van der Waals surface area (Å²) in [7, 11) is 0. The van der Waals surface area contributed by atoms with Crippen molar-refractivity contribution in [2.24, 2.45) is 4.99 Å². The summed E-state index contributed by atoms with van der Waals surface area (Å²) < 4.78 is 46.6. The monoisotopic (exact) mass is 843 g/mol. The number of carbonyl (C=O) groups excluding carboxylic acids is 2. The Bertz CT molecular complexity index is 2750. The van der Waals surface area contributed by atoms with Gasteiger partial charge in [-0.05, 0) is 62.7 Å². The number of para-hydroxylation sites is 2. The molecule has 0 radical (unpaired) electrons. The summed E-state index contributed by atoms with van der Waals surface area (Å²) in [4.78, 5) is 37.7. The number of hydrogen-bond donors (Lipinski definition) is 2. The quantitative estimate of drug-likeness (QED) is 0.0756. The molecular formula is C40H33ClF3N9O3S2.